The standard InChI is InChI=1S/C15H18O3/c1-17-12-6-7-13(18-2)15-11(16)8-9-4-3-5-10(9)14(12)15/h6-7,9-10H,3-5,8H2,1-2H3. The molecule has 3 heteroatoms. The number of methoxy groups -OCH3 is 2. The first-order valence-corrected chi connectivity index (χ1v) is 6.54. The average molecular weight is 246 g/mol. The van der Waals surface area contributed by atoms with E-state index in [9.17, 15) is 4.79 Å². The van der Waals surface area contributed by atoms with Crippen LogP contribution >= 0.6 is 0 Å². The Balaban J connectivity index is 2.22. The Morgan fingerprint density at radius 3 is 2.56 bits per heavy atom. The van der Waals surface area contributed by atoms with E-state index in [1.807, 2.05) is 12.1 Å². The molecule has 96 valence electrons. The molecule has 0 bridgehead atoms. The topological polar surface area (TPSA) is 35.5 Å². The fourth-order valence-corrected chi connectivity index (χ4v) is 3.59. The maximum Gasteiger partial charge on any atom is 0.167 e. The predicted octanol–water partition coefficient (Wildman–Crippen LogP) is 3.17. The van der Waals surface area contributed by atoms with Crippen LogP contribution in [0.1, 0.15) is 47.5 Å². The molecule has 0 aliphatic heterocycles. The first-order valence-electron chi connectivity index (χ1n) is 6.54. The molecular weight excluding hydrogens is 228 g/mol. The first kappa shape index (κ1) is 11.6. The van der Waals surface area contributed by atoms with Crippen molar-refractivity contribution in [1.29, 1.82) is 0 Å². The molecule has 0 amide bonds. The van der Waals surface area contributed by atoms with E-state index in [4.69, 9.17) is 9.47 Å². The van der Waals surface area contributed by atoms with E-state index in [-0.39, 0.29) is 5.78 Å². The molecule has 0 N–H and O–H groups in total. The van der Waals surface area contributed by atoms with Crippen molar-refractivity contribution < 1.29 is 14.3 Å². The van der Waals surface area contributed by atoms with Crippen LogP contribution in [0, 0.1) is 5.92 Å². The zero-order chi connectivity index (χ0) is 12.7. The highest BCUT2D eigenvalue weighted by atomic mass is 16.5. The first-order chi connectivity index (χ1) is 8.76. The van der Waals surface area contributed by atoms with Gasteiger partial charge in [0.15, 0.2) is 5.78 Å². The zero-order valence-electron chi connectivity index (χ0n) is 10.9. The van der Waals surface area contributed by atoms with Gasteiger partial charge in [0.25, 0.3) is 0 Å². The summed E-state index contributed by atoms with van der Waals surface area (Å²) in [5.74, 6) is 2.73. The highest BCUT2D eigenvalue weighted by Gasteiger charge is 2.40. The minimum atomic E-state index is 0.212. The molecule has 3 nitrogen and oxygen atoms in total. The van der Waals surface area contributed by atoms with Gasteiger partial charge in [0.1, 0.15) is 11.5 Å². The lowest BCUT2D eigenvalue weighted by molar-refractivity contribution is 0.0938. The Bertz CT molecular complexity index is 493. The third kappa shape index (κ3) is 1.53. The van der Waals surface area contributed by atoms with E-state index in [0.29, 0.717) is 24.0 Å². The number of carbonyl (C=O) groups is 1. The lowest BCUT2D eigenvalue weighted by Crippen LogP contribution is -2.23. The summed E-state index contributed by atoms with van der Waals surface area (Å²) >= 11 is 0. The van der Waals surface area contributed by atoms with Crippen molar-refractivity contribution in [3.63, 3.8) is 0 Å². The average Bonchev–Trinajstić information content (AvgIpc) is 2.85. The highest BCUT2D eigenvalue weighted by Crippen LogP contribution is 2.51. The molecule has 2 aliphatic rings. The van der Waals surface area contributed by atoms with E-state index >= 15 is 0 Å². The molecule has 1 aromatic rings. The smallest absolute Gasteiger partial charge is 0.167 e. The van der Waals surface area contributed by atoms with Crippen molar-refractivity contribution in [3.05, 3.63) is 23.3 Å². The summed E-state index contributed by atoms with van der Waals surface area (Å²) in [6, 6.07) is 3.76. The van der Waals surface area contributed by atoms with Gasteiger partial charge in [-0.05, 0) is 36.8 Å². The number of ketones is 1. The van der Waals surface area contributed by atoms with Crippen LogP contribution in [0.25, 0.3) is 0 Å². The van der Waals surface area contributed by atoms with Gasteiger partial charge >= 0.3 is 0 Å². The second-order valence-corrected chi connectivity index (χ2v) is 5.18. The summed E-state index contributed by atoms with van der Waals surface area (Å²) < 4.78 is 10.8. The fraction of sp³-hybridized carbons (Fsp3) is 0.533. The molecule has 2 atom stereocenters. The van der Waals surface area contributed by atoms with E-state index < -0.39 is 0 Å². The number of hydrogen-bond donors (Lipinski definition) is 0. The van der Waals surface area contributed by atoms with Crippen LogP contribution in [-0.2, 0) is 0 Å². The molecule has 1 saturated carbocycles. The Kier molecular flexibility index (Phi) is 2.77. The van der Waals surface area contributed by atoms with E-state index in [2.05, 4.69) is 0 Å². The third-order valence-corrected chi connectivity index (χ3v) is 4.36. The van der Waals surface area contributed by atoms with Gasteiger partial charge in [-0.2, -0.15) is 0 Å². The molecule has 0 aromatic heterocycles. The number of carbonyl (C=O) groups excluding carboxylic acids is 1. The SMILES string of the molecule is COc1ccc(OC)c2c1C(=O)CC1CCCC21. The number of ether oxygens (including phenoxy) is 2. The third-order valence-electron chi connectivity index (χ3n) is 4.36. The maximum atomic E-state index is 12.3. The second-order valence-electron chi connectivity index (χ2n) is 5.18. The minimum absolute atomic E-state index is 0.212. The van der Waals surface area contributed by atoms with Gasteiger partial charge in [-0.15, -0.1) is 0 Å². The normalized spacial score (nSPS) is 25.6. The largest absolute Gasteiger partial charge is 0.496 e. The van der Waals surface area contributed by atoms with Crippen LogP contribution < -0.4 is 9.47 Å². The highest BCUT2D eigenvalue weighted by molar-refractivity contribution is 6.02. The van der Waals surface area contributed by atoms with Crippen LogP contribution in [0.3, 0.4) is 0 Å². The van der Waals surface area contributed by atoms with Crippen molar-refractivity contribution in [1.82, 2.24) is 0 Å². The maximum absolute atomic E-state index is 12.3. The Morgan fingerprint density at radius 2 is 1.83 bits per heavy atom. The molecule has 2 unspecified atom stereocenters. The summed E-state index contributed by atoms with van der Waals surface area (Å²) in [5, 5.41) is 0. The molecule has 1 aromatic carbocycles. The Hall–Kier alpha value is -1.51. The summed E-state index contributed by atoms with van der Waals surface area (Å²) in [5.41, 5.74) is 1.86. The van der Waals surface area contributed by atoms with Crippen LogP contribution in [0.15, 0.2) is 12.1 Å². The molecule has 0 radical (unpaired) electrons. The summed E-state index contributed by atoms with van der Waals surface area (Å²) in [6.45, 7) is 0. The molecule has 1 fully saturated rings. The van der Waals surface area contributed by atoms with Gasteiger partial charge in [0.05, 0.1) is 19.8 Å². The van der Waals surface area contributed by atoms with Crippen LogP contribution in [0.2, 0.25) is 0 Å². The van der Waals surface area contributed by atoms with Gasteiger partial charge < -0.3 is 9.47 Å². The van der Waals surface area contributed by atoms with Gasteiger partial charge in [-0.1, -0.05) is 6.42 Å². The molecule has 0 spiro atoms. The quantitative estimate of drug-likeness (QED) is 0.804. The zero-order valence-corrected chi connectivity index (χ0v) is 10.9. The second kappa shape index (κ2) is 4.30. The van der Waals surface area contributed by atoms with Gasteiger partial charge in [0.2, 0.25) is 0 Å². The fourth-order valence-electron chi connectivity index (χ4n) is 3.59. The lowest BCUT2D eigenvalue weighted by atomic mass is 9.75. The number of benzene rings is 1. The monoisotopic (exact) mass is 246 g/mol. The minimum Gasteiger partial charge on any atom is -0.496 e. The molecule has 2 aliphatic carbocycles. The predicted molar refractivity (Wildman–Crippen MR) is 68.6 cm³/mol. The van der Waals surface area contributed by atoms with E-state index in [1.54, 1.807) is 14.2 Å². The Labute approximate surface area is 107 Å². The van der Waals surface area contributed by atoms with Crippen molar-refractivity contribution in [2.24, 2.45) is 5.92 Å². The number of rotatable bonds is 2. The van der Waals surface area contributed by atoms with Crippen molar-refractivity contribution in [2.75, 3.05) is 14.2 Å². The number of Topliss-reactive ketones (excluding diaryl/α,β-unsaturated/α-hetero) is 1. The van der Waals surface area contributed by atoms with Crippen molar-refractivity contribution in [3.8, 4) is 11.5 Å². The van der Waals surface area contributed by atoms with E-state index in [1.165, 1.54) is 6.42 Å². The number of hydrogen-bond acceptors (Lipinski definition) is 3. The van der Waals surface area contributed by atoms with Gasteiger partial charge in [-0.25, -0.2) is 0 Å². The molecule has 0 saturated heterocycles. The summed E-state index contributed by atoms with van der Waals surface area (Å²) in [7, 11) is 3.29. The van der Waals surface area contributed by atoms with Crippen LogP contribution in [0.4, 0.5) is 0 Å². The van der Waals surface area contributed by atoms with Gasteiger partial charge in [0, 0.05) is 12.0 Å². The van der Waals surface area contributed by atoms with Crippen molar-refractivity contribution >= 4 is 5.78 Å². The van der Waals surface area contributed by atoms with Crippen molar-refractivity contribution in [2.45, 2.75) is 31.6 Å². The summed E-state index contributed by atoms with van der Waals surface area (Å²) in [4.78, 5) is 12.3. The molecule has 18 heavy (non-hydrogen) atoms. The molecule has 0 heterocycles. The number of fused-ring (bicyclic) bond motifs is 3. The van der Waals surface area contributed by atoms with Crippen LogP contribution in [-0.4, -0.2) is 20.0 Å². The molecule has 3 rings (SSSR count). The lowest BCUT2D eigenvalue weighted by Gasteiger charge is -2.29. The van der Waals surface area contributed by atoms with Gasteiger partial charge in [-0.3, -0.25) is 4.79 Å². The summed E-state index contributed by atoms with van der Waals surface area (Å²) in [6.07, 6.45) is 4.20. The Morgan fingerprint density at radius 1 is 1.11 bits per heavy atom. The van der Waals surface area contributed by atoms with Crippen LogP contribution in [0.5, 0.6) is 11.5 Å². The van der Waals surface area contributed by atoms with E-state index in [0.717, 1.165) is 29.7 Å². The molecular formula is C15H18O3.